The average molecular weight is 307 g/mol. The number of para-hydroxylation sites is 1. The van der Waals surface area contributed by atoms with Crippen LogP contribution in [0.2, 0.25) is 0 Å². The van der Waals surface area contributed by atoms with Gasteiger partial charge < -0.3 is 0 Å². The monoisotopic (exact) mass is 307 g/mol. The molecule has 0 aliphatic rings. The second-order valence-electron chi connectivity index (χ2n) is 4.40. The van der Waals surface area contributed by atoms with Gasteiger partial charge in [0.1, 0.15) is 5.82 Å². The second-order valence-corrected chi connectivity index (χ2v) is 5.43. The lowest BCUT2D eigenvalue weighted by atomic mass is 10.1. The molecule has 0 aliphatic heterocycles. The Balaban J connectivity index is 2.02. The summed E-state index contributed by atoms with van der Waals surface area (Å²) in [6, 6.07) is 10.7. The molecule has 0 radical (unpaired) electrons. The van der Waals surface area contributed by atoms with E-state index in [4.69, 9.17) is 0 Å². The predicted molar refractivity (Wildman–Crippen MR) is 74.2 cm³/mol. The van der Waals surface area contributed by atoms with Gasteiger partial charge in [-0.25, -0.2) is 9.37 Å². The standard InChI is InChI=1S/C15H8F3NOS/c16-10-7-5-9(6-8-10)13(20)15(17,18)14-19-11-3-1-2-4-12(11)21-14/h1-8H. The number of Topliss-reactive ketones (excluding diaryl/α,β-unsaturated/α-hetero) is 1. The number of fused-ring (bicyclic) bond motifs is 1. The summed E-state index contributed by atoms with van der Waals surface area (Å²) in [7, 11) is 0. The van der Waals surface area contributed by atoms with Gasteiger partial charge in [-0.3, -0.25) is 4.79 Å². The van der Waals surface area contributed by atoms with Gasteiger partial charge in [0, 0.05) is 5.56 Å². The molecule has 1 aromatic heterocycles. The molecule has 1 heterocycles. The number of alkyl halides is 2. The number of nitrogens with zero attached hydrogens (tertiary/aromatic N) is 1. The van der Waals surface area contributed by atoms with Crippen molar-refractivity contribution in [3.63, 3.8) is 0 Å². The van der Waals surface area contributed by atoms with Gasteiger partial charge in [-0.15, -0.1) is 11.3 Å². The van der Waals surface area contributed by atoms with E-state index in [2.05, 4.69) is 4.98 Å². The van der Waals surface area contributed by atoms with Gasteiger partial charge >= 0.3 is 5.92 Å². The highest BCUT2D eigenvalue weighted by Gasteiger charge is 2.44. The summed E-state index contributed by atoms with van der Waals surface area (Å²) in [5.74, 6) is -5.71. The maximum absolute atomic E-state index is 14.3. The van der Waals surface area contributed by atoms with Crippen molar-refractivity contribution in [2.75, 3.05) is 0 Å². The molecular formula is C15H8F3NOS. The maximum Gasteiger partial charge on any atom is 0.360 e. The van der Waals surface area contributed by atoms with E-state index in [9.17, 15) is 18.0 Å². The molecule has 0 saturated heterocycles. The number of ketones is 1. The maximum atomic E-state index is 14.3. The molecule has 0 atom stereocenters. The molecule has 6 heteroatoms. The van der Waals surface area contributed by atoms with Gasteiger partial charge in [0.05, 0.1) is 10.2 Å². The Morgan fingerprint density at radius 2 is 1.71 bits per heavy atom. The molecule has 21 heavy (non-hydrogen) atoms. The Morgan fingerprint density at radius 3 is 2.38 bits per heavy atom. The summed E-state index contributed by atoms with van der Waals surface area (Å²) in [6.45, 7) is 0. The van der Waals surface area contributed by atoms with E-state index in [0.29, 0.717) is 10.2 Å². The molecule has 0 saturated carbocycles. The summed E-state index contributed by atoms with van der Waals surface area (Å²) >= 11 is 0.774. The first-order valence-corrected chi connectivity index (χ1v) is 6.84. The molecule has 3 rings (SSSR count). The normalized spacial score (nSPS) is 11.8. The number of benzene rings is 2. The topological polar surface area (TPSA) is 30.0 Å². The van der Waals surface area contributed by atoms with Crippen LogP contribution in [0.4, 0.5) is 13.2 Å². The van der Waals surface area contributed by atoms with Crippen molar-refractivity contribution in [1.82, 2.24) is 4.98 Å². The van der Waals surface area contributed by atoms with Crippen LogP contribution in [-0.4, -0.2) is 10.8 Å². The fourth-order valence-corrected chi connectivity index (χ4v) is 2.82. The third-order valence-corrected chi connectivity index (χ3v) is 4.06. The molecule has 0 unspecified atom stereocenters. The largest absolute Gasteiger partial charge is 0.360 e. The number of hydrogen-bond acceptors (Lipinski definition) is 3. The number of rotatable bonds is 3. The number of aromatic nitrogens is 1. The molecular weight excluding hydrogens is 299 g/mol. The number of carbonyl (C=O) groups is 1. The summed E-state index contributed by atoms with van der Waals surface area (Å²) in [6.07, 6.45) is 0. The van der Waals surface area contributed by atoms with Gasteiger partial charge in [-0.1, -0.05) is 12.1 Å². The van der Waals surface area contributed by atoms with Crippen molar-refractivity contribution in [2.24, 2.45) is 0 Å². The lowest BCUT2D eigenvalue weighted by Gasteiger charge is -2.11. The first-order chi connectivity index (χ1) is 9.98. The van der Waals surface area contributed by atoms with Crippen molar-refractivity contribution in [3.8, 4) is 0 Å². The van der Waals surface area contributed by atoms with E-state index in [1.807, 2.05) is 0 Å². The zero-order valence-corrected chi connectivity index (χ0v) is 11.3. The Morgan fingerprint density at radius 1 is 1.05 bits per heavy atom. The summed E-state index contributed by atoms with van der Waals surface area (Å²) < 4.78 is 41.9. The Labute approximate surface area is 121 Å². The van der Waals surface area contributed by atoms with Crippen molar-refractivity contribution in [1.29, 1.82) is 0 Å². The van der Waals surface area contributed by atoms with Crippen LogP contribution in [0.25, 0.3) is 10.2 Å². The van der Waals surface area contributed by atoms with Crippen LogP contribution in [-0.2, 0) is 5.92 Å². The van der Waals surface area contributed by atoms with Gasteiger partial charge in [-0.2, -0.15) is 8.78 Å². The highest BCUT2D eigenvalue weighted by molar-refractivity contribution is 7.18. The molecule has 0 spiro atoms. The summed E-state index contributed by atoms with van der Waals surface area (Å²) in [5.41, 5.74) is 0.171. The van der Waals surface area contributed by atoms with Crippen LogP contribution in [0.15, 0.2) is 48.5 Å². The number of halogens is 3. The molecule has 0 amide bonds. The lowest BCUT2D eigenvalue weighted by Crippen LogP contribution is -2.25. The van der Waals surface area contributed by atoms with Crippen molar-refractivity contribution < 1.29 is 18.0 Å². The Kier molecular flexibility index (Phi) is 3.25. The van der Waals surface area contributed by atoms with Crippen LogP contribution in [0.3, 0.4) is 0 Å². The third-order valence-electron chi connectivity index (χ3n) is 2.95. The van der Waals surface area contributed by atoms with Gasteiger partial charge in [0.25, 0.3) is 0 Å². The highest BCUT2D eigenvalue weighted by atomic mass is 32.1. The zero-order chi connectivity index (χ0) is 15.0. The average Bonchev–Trinajstić information content (AvgIpc) is 2.92. The molecule has 0 N–H and O–H groups in total. The number of hydrogen-bond donors (Lipinski definition) is 0. The fraction of sp³-hybridized carbons (Fsp3) is 0.0667. The van der Waals surface area contributed by atoms with Crippen molar-refractivity contribution >= 4 is 27.3 Å². The van der Waals surface area contributed by atoms with Crippen LogP contribution < -0.4 is 0 Å². The van der Waals surface area contributed by atoms with Gasteiger partial charge in [0.2, 0.25) is 5.78 Å². The van der Waals surface area contributed by atoms with E-state index in [1.165, 1.54) is 0 Å². The quantitative estimate of drug-likeness (QED) is 0.671. The van der Waals surface area contributed by atoms with Crippen LogP contribution >= 0.6 is 11.3 Å². The molecule has 0 fully saturated rings. The predicted octanol–water partition coefficient (Wildman–Crippen LogP) is 4.41. The van der Waals surface area contributed by atoms with Gasteiger partial charge in [0.15, 0.2) is 5.01 Å². The van der Waals surface area contributed by atoms with Crippen LogP contribution in [0.1, 0.15) is 15.4 Å². The minimum atomic E-state index is -3.73. The summed E-state index contributed by atoms with van der Waals surface area (Å²) in [5, 5.41) is -0.557. The smallest absolute Gasteiger partial charge is 0.287 e. The highest BCUT2D eigenvalue weighted by Crippen LogP contribution is 2.36. The second kappa shape index (κ2) is 4.96. The summed E-state index contributed by atoms with van der Waals surface area (Å²) in [4.78, 5) is 15.8. The molecule has 2 aromatic carbocycles. The lowest BCUT2D eigenvalue weighted by molar-refractivity contribution is 0.00742. The molecule has 106 valence electrons. The first-order valence-electron chi connectivity index (χ1n) is 6.03. The third kappa shape index (κ3) is 2.42. The number of carbonyl (C=O) groups excluding carboxylic acids is 1. The SMILES string of the molecule is O=C(c1ccc(F)cc1)C(F)(F)c1nc2ccccc2s1. The molecule has 0 bridgehead atoms. The fourth-order valence-electron chi connectivity index (χ4n) is 1.89. The van der Waals surface area contributed by atoms with E-state index < -0.39 is 22.5 Å². The van der Waals surface area contributed by atoms with E-state index in [0.717, 1.165) is 35.6 Å². The molecule has 3 aromatic rings. The van der Waals surface area contributed by atoms with E-state index >= 15 is 0 Å². The minimum Gasteiger partial charge on any atom is -0.287 e. The Hall–Kier alpha value is -2.21. The Bertz CT molecular complexity index is 778. The first kappa shape index (κ1) is 13.8. The molecule has 0 aliphatic carbocycles. The van der Waals surface area contributed by atoms with Crippen molar-refractivity contribution in [3.05, 3.63) is 64.9 Å². The van der Waals surface area contributed by atoms with E-state index in [1.54, 1.807) is 24.3 Å². The number of thiazole rings is 1. The van der Waals surface area contributed by atoms with Crippen molar-refractivity contribution in [2.45, 2.75) is 5.92 Å². The zero-order valence-electron chi connectivity index (χ0n) is 10.5. The molecule has 2 nitrogen and oxygen atoms in total. The van der Waals surface area contributed by atoms with Gasteiger partial charge in [-0.05, 0) is 36.4 Å². The van der Waals surface area contributed by atoms with Crippen LogP contribution in [0.5, 0.6) is 0 Å². The van der Waals surface area contributed by atoms with E-state index in [-0.39, 0.29) is 5.56 Å². The minimum absolute atomic E-state index is 0.249. The van der Waals surface area contributed by atoms with Crippen LogP contribution in [0, 0.1) is 5.82 Å².